The molecule has 0 radical (unpaired) electrons. The Kier molecular flexibility index (Phi) is 2.61. The maximum atomic E-state index is 10.2. The van der Waals surface area contributed by atoms with E-state index in [-0.39, 0.29) is 11.5 Å². The highest BCUT2D eigenvalue weighted by atomic mass is 16.3. The molecule has 2 nitrogen and oxygen atoms in total. The molecule has 0 aromatic rings. The second-order valence-corrected chi connectivity index (χ2v) is 4.91. The lowest BCUT2D eigenvalue weighted by molar-refractivity contribution is 0.0244. The molecule has 2 aliphatic carbocycles. The molecule has 3 N–H and O–H groups in total. The fraction of sp³-hybridized carbons (Fsp3) is 1.00. The molecular formula is C11H21NO. The Balaban J connectivity index is 1.91. The van der Waals surface area contributed by atoms with Crippen LogP contribution in [-0.4, -0.2) is 17.8 Å². The van der Waals surface area contributed by atoms with E-state index in [1.54, 1.807) is 0 Å². The Morgan fingerprint density at radius 3 is 2.31 bits per heavy atom. The van der Waals surface area contributed by atoms with Gasteiger partial charge in [-0.05, 0) is 31.6 Å². The summed E-state index contributed by atoms with van der Waals surface area (Å²) in [5.74, 6) is 0.555. The molecule has 2 saturated carbocycles. The van der Waals surface area contributed by atoms with Crippen molar-refractivity contribution in [3.63, 3.8) is 0 Å². The van der Waals surface area contributed by atoms with Crippen molar-refractivity contribution >= 4 is 0 Å². The van der Waals surface area contributed by atoms with Crippen molar-refractivity contribution in [2.75, 3.05) is 6.54 Å². The third-order valence-electron chi connectivity index (χ3n) is 4.02. The van der Waals surface area contributed by atoms with Crippen LogP contribution in [0.2, 0.25) is 0 Å². The second-order valence-electron chi connectivity index (χ2n) is 4.91. The minimum atomic E-state index is -0.0993. The molecule has 0 aromatic carbocycles. The number of rotatable bonds is 3. The highest BCUT2D eigenvalue weighted by molar-refractivity contribution is 5.01. The second kappa shape index (κ2) is 3.58. The summed E-state index contributed by atoms with van der Waals surface area (Å²) in [4.78, 5) is 0. The first-order valence-corrected chi connectivity index (χ1v) is 5.67. The summed E-state index contributed by atoms with van der Waals surface area (Å²) in [6, 6.07) is 0. The van der Waals surface area contributed by atoms with Gasteiger partial charge in [-0.3, -0.25) is 0 Å². The molecule has 1 atom stereocenters. The minimum Gasteiger partial charge on any atom is -0.392 e. The summed E-state index contributed by atoms with van der Waals surface area (Å²) >= 11 is 0. The highest BCUT2D eigenvalue weighted by Gasteiger charge is 2.50. The Bertz CT molecular complexity index is 171. The van der Waals surface area contributed by atoms with E-state index in [1.165, 1.54) is 32.1 Å². The van der Waals surface area contributed by atoms with Crippen molar-refractivity contribution in [1.82, 2.24) is 0 Å². The Hall–Kier alpha value is -0.0800. The van der Waals surface area contributed by atoms with Gasteiger partial charge in [0.2, 0.25) is 0 Å². The average molecular weight is 183 g/mol. The summed E-state index contributed by atoms with van der Waals surface area (Å²) in [6.45, 7) is 0.685. The molecule has 0 saturated heterocycles. The van der Waals surface area contributed by atoms with Crippen molar-refractivity contribution in [3.8, 4) is 0 Å². The average Bonchev–Trinajstić information content (AvgIpc) is 2.99. The van der Waals surface area contributed by atoms with Crippen LogP contribution in [0.4, 0.5) is 0 Å². The lowest BCUT2D eigenvalue weighted by Crippen LogP contribution is -2.36. The van der Waals surface area contributed by atoms with Crippen molar-refractivity contribution in [3.05, 3.63) is 0 Å². The van der Waals surface area contributed by atoms with Crippen LogP contribution in [0, 0.1) is 11.3 Å². The zero-order chi connectivity index (χ0) is 9.31. The number of nitrogens with two attached hydrogens (primary N) is 1. The fourth-order valence-corrected chi connectivity index (χ4v) is 2.73. The minimum absolute atomic E-state index is 0.0993. The van der Waals surface area contributed by atoms with Gasteiger partial charge in [0.15, 0.2) is 0 Å². The number of hydrogen-bond acceptors (Lipinski definition) is 2. The molecule has 2 aliphatic rings. The predicted molar refractivity (Wildman–Crippen MR) is 53.3 cm³/mol. The largest absolute Gasteiger partial charge is 0.392 e. The maximum absolute atomic E-state index is 10.2. The van der Waals surface area contributed by atoms with E-state index in [2.05, 4.69) is 0 Å². The first kappa shape index (κ1) is 9.47. The van der Waals surface area contributed by atoms with Crippen LogP contribution < -0.4 is 5.73 Å². The van der Waals surface area contributed by atoms with Gasteiger partial charge in [-0.15, -0.1) is 0 Å². The van der Waals surface area contributed by atoms with Gasteiger partial charge in [-0.1, -0.05) is 19.3 Å². The lowest BCUT2D eigenvalue weighted by atomic mass is 9.79. The topological polar surface area (TPSA) is 46.2 Å². The quantitative estimate of drug-likeness (QED) is 0.699. The molecule has 2 fully saturated rings. The van der Waals surface area contributed by atoms with E-state index in [4.69, 9.17) is 5.73 Å². The van der Waals surface area contributed by atoms with Crippen LogP contribution in [0.1, 0.15) is 44.9 Å². The van der Waals surface area contributed by atoms with Gasteiger partial charge in [0, 0.05) is 12.0 Å². The van der Waals surface area contributed by atoms with Gasteiger partial charge < -0.3 is 10.8 Å². The maximum Gasteiger partial charge on any atom is 0.0636 e. The third-order valence-corrected chi connectivity index (χ3v) is 4.02. The molecule has 0 heterocycles. The lowest BCUT2D eigenvalue weighted by Gasteiger charge is -2.31. The molecule has 0 spiro atoms. The molecule has 13 heavy (non-hydrogen) atoms. The van der Waals surface area contributed by atoms with Crippen LogP contribution >= 0.6 is 0 Å². The molecule has 2 heteroatoms. The summed E-state index contributed by atoms with van der Waals surface area (Å²) < 4.78 is 0. The molecule has 1 unspecified atom stereocenters. The van der Waals surface area contributed by atoms with Gasteiger partial charge in [0.25, 0.3) is 0 Å². The summed E-state index contributed by atoms with van der Waals surface area (Å²) in [6.07, 6.45) is 8.63. The smallest absolute Gasteiger partial charge is 0.0636 e. The molecule has 0 bridgehead atoms. The number of aliphatic hydroxyl groups excluding tert-OH is 1. The summed E-state index contributed by atoms with van der Waals surface area (Å²) in [7, 11) is 0. The van der Waals surface area contributed by atoms with Gasteiger partial charge in [0.05, 0.1) is 6.10 Å². The monoisotopic (exact) mass is 183 g/mol. The van der Waals surface area contributed by atoms with E-state index >= 15 is 0 Å². The van der Waals surface area contributed by atoms with Crippen molar-refractivity contribution in [2.24, 2.45) is 17.1 Å². The fourth-order valence-electron chi connectivity index (χ4n) is 2.73. The third kappa shape index (κ3) is 1.75. The Morgan fingerprint density at radius 2 is 1.85 bits per heavy atom. The van der Waals surface area contributed by atoms with E-state index in [1.807, 2.05) is 0 Å². The zero-order valence-electron chi connectivity index (χ0n) is 8.34. The van der Waals surface area contributed by atoms with E-state index in [9.17, 15) is 5.11 Å². The first-order chi connectivity index (χ1) is 6.28. The predicted octanol–water partition coefficient (Wildman–Crippen LogP) is 1.67. The standard InChI is InChI=1S/C11H21NO/c12-8-11(6-7-11)10(13)9-4-2-1-3-5-9/h9-10,13H,1-8,12H2. The van der Waals surface area contributed by atoms with Crippen LogP contribution in [0.3, 0.4) is 0 Å². The van der Waals surface area contributed by atoms with Crippen molar-refractivity contribution in [1.29, 1.82) is 0 Å². The SMILES string of the molecule is NCC1(C(O)C2CCCCC2)CC1. The van der Waals surface area contributed by atoms with Gasteiger partial charge in [0.1, 0.15) is 0 Å². The van der Waals surface area contributed by atoms with Gasteiger partial charge in [-0.25, -0.2) is 0 Å². The molecule has 0 amide bonds. The van der Waals surface area contributed by atoms with E-state index in [0.717, 1.165) is 12.8 Å². The number of aliphatic hydroxyl groups is 1. The molecule has 2 rings (SSSR count). The Morgan fingerprint density at radius 1 is 1.23 bits per heavy atom. The van der Waals surface area contributed by atoms with Gasteiger partial charge >= 0.3 is 0 Å². The zero-order valence-corrected chi connectivity index (χ0v) is 8.34. The van der Waals surface area contributed by atoms with Crippen LogP contribution in [-0.2, 0) is 0 Å². The number of hydrogen-bond donors (Lipinski definition) is 2. The van der Waals surface area contributed by atoms with Crippen LogP contribution in [0.15, 0.2) is 0 Å². The van der Waals surface area contributed by atoms with Crippen molar-refractivity contribution in [2.45, 2.75) is 51.0 Å². The first-order valence-electron chi connectivity index (χ1n) is 5.67. The van der Waals surface area contributed by atoms with Crippen LogP contribution in [0.25, 0.3) is 0 Å². The molecular weight excluding hydrogens is 162 g/mol. The molecule has 0 aliphatic heterocycles. The van der Waals surface area contributed by atoms with Crippen molar-refractivity contribution < 1.29 is 5.11 Å². The summed E-state index contributed by atoms with van der Waals surface area (Å²) in [5, 5.41) is 10.2. The van der Waals surface area contributed by atoms with E-state index in [0.29, 0.717) is 12.5 Å². The van der Waals surface area contributed by atoms with Crippen LogP contribution in [0.5, 0.6) is 0 Å². The summed E-state index contributed by atoms with van der Waals surface area (Å²) in [5.41, 5.74) is 5.86. The van der Waals surface area contributed by atoms with Gasteiger partial charge in [-0.2, -0.15) is 0 Å². The normalized spacial score (nSPS) is 30.0. The molecule has 76 valence electrons. The Labute approximate surface area is 80.5 Å². The highest BCUT2D eigenvalue weighted by Crippen LogP contribution is 2.51. The van der Waals surface area contributed by atoms with E-state index < -0.39 is 0 Å². The molecule has 0 aromatic heterocycles.